The van der Waals surface area contributed by atoms with Gasteiger partial charge >= 0.3 is 5.97 Å². The quantitative estimate of drug-likeness (QED) is 0.726. The molecule has 0 N–H and O–H groups in total. The molecule has 1 aliphatic heterocycles. The summed E-state index contributed by atoms with van der Waals surface area (Å²) in [4.78, 5) is 12.5. The SMILES string of the molecule is C[C@@H]1[C@H]2C[C@H](C[C@H]1OC(=O)c1ccc(S(=O)(=O)N3CCOCC3)o1)C2(C)C. The zero-order valence-corrected chi connectivity index (χ0v) is 16.8. The molecule has 8 heteroatoms. The normalized spacial score (nSPS) is 33.3. The van der Waals surface area contributed by atoms with Crippen LogP contribution in [-0.2, 0) is 19.5 Å². The minimum absolute atomic E-state index is 0.0625. The number of fused-ring (bicyclic) bond motifs is 2. The van der Waals surface area contributed by atoms with Crippen molar-refractivity contribution in [3.63, 3.8) is 0 Å². The van der Waals surface area contributed by atoms with E-state index in [1.54, 1.807) is 0 Å². The van der Waals surface area contributed by atoms with E-state index in [4.69, 9.17) is 13.9 Å². The van der Waals surface area contributed by atoms with Crippen molar-refractivity contribution < 1.29 is 27.1 Å². The van der Waals surface area contributed by atoms with Gasteiger partial charge in [-0.15, -0.1) is 0 Å². The Hall–Kier alpha value is -1.38. The third kappa shape index (κ3) is 3.11. The summed E-state index contributed by atoms with van der Waals surface area (Å²) in [6.07, 6.45) is 1.92. The van der Waals surface area contributed by atoms with Gasteiger partial charge in [0.1, 0.15) is 6.10 Å². The van der Waals surface area contributed by atoms with E-state index < -0.39 is 16.0 Å². The van der Waals surface area contributed by atoms with Crippen molar-refractivity contribution >= 4 is 16.0 Å². The molecular weight excluding hydrogens is 370 g/mol. The van der Waals surface area contributed by atoms with Crippen LogP contribution in [0.15, 0.2) is 21.6 Å². The number of nitrogens with zero attached hydrogens (tertiary/aromatic N) is 1. The second-order valence-corrected chi connectivity index (χ2v) is 10.4. The third-order valence-electron chi connectivity index (χ3n) is 6.89. The predicted octanol–water partition coefficient (Wildman–Crippen LogP) is 2.53. The van der Waals surface area contributed by atoms with E-state index in [-0.39, 0.29) is 30.0 Å². The summed E-state index contributed by atoms with van der Waals surface area (Å²) < 4.78 is 42.8. The first-order chi connectivity index (χ1) is 12.7. The van der Waals surface area contributed by atoms with E-state index in [9.17, 15) is 13.2 Å². The van der Waals surface area contributed by atoms with Crippen molar-refractivity contribution in [1.29, 1.82) is 0 Å². The van der Waals surface area contributed by atoms with Crippen LogP contribution in [0.4, 0.5) is 0 Å². The van der Waals surface area contributed by atoms with E-state index in [1.807, 2.05) is 0 Å². The van der Waals surface area contributed by atoms with Crippen LogP contribution in [0, 0.1) is 23.2 Å². The van der Waals surface area contributed by atoms with Crippen LogP contribution >= 0.6 is 0 Å². The average molecular weight is 397 g/mol. The summed E-state index contributed by atoms with van der Waals surface area (Å²) in [7, 11) is -3.76. The largest absolute Gasteiger partial charge is 0.456 e. The molecule has 3 saturated carbocycles. The number of sulfonamides is 1. The lowest BCUT2D eigenvalue weighted by molar-refractivity contribution is -0.157. The molecule has 27 heavy (non-hydrogen) atoms. The smallest absolute Gasteiger partial charge is 0.374 e. The summed E-state index contributed by atoms with van der Waals surface area (Å²) in [5.41, 5.74) is 0.312. The van der Waals surface area contributed by atoms with Gasteiger partial charge in [0.15, 0.2) is 0 Å². The predicted molar refractivity (Wildman–Crippen MR) is 96.6 cm³/mol. The number of ether oxygens (including phenoxy) is 2. The van der Waals surface area contributed by atoms with Crippen molar-refractivity contribution in [3.8, 4) is 0 Å². The maximum Gasteiger partial charge on any atom is 0.374 e. The van der Waals surface area contributed by atoms with Crippen LogP contribution in [0.5, 0.6) is 0 Å². The highest BCUT2D eigenvalue weighted by Crippen LogP contribution is 2.61. The maximum absolute atomic E-state index is 12.6. The van der Waals surface area contributed by atoms with Gasteiger partial charge in [-0.25, -0.2) is 13.2 Å². The average Bonchev–Trinajstić information content (AvgIpc) is 3.14. The first-order valence-corrected chi connectivity index (χ1v) is 11.0. The molecule has 4 fully saturated rings. The monoisotopic (exact) mass is 397 g/mol. The molecule has 3 aliphatic carbocycles. The van der Waals surface area contributed by atoms with E-state index in [2.05, 4.69) is 20.8 Å². The van der Waals surface area contributed by atoms with Gasteiger partial charge in [0.2, 0.25) is 10.9 Å². The van der Waals surface area contributed by atoms with Crippen LogP contribution in [0.2, 0.25) is 0 Å². The fourth-order valence-electron chi connectivity index (χ4n) is 4.94. The van der Waals surface area contributed by atoms with E-state index in [0.717, 1.165) is 6.42 Å². The number of hydrogen-bond donors (Lipinski definition) is 0. The molecule has 1 aromatic heterocycles. The number of esters is 1. The van der Waals surface area contributed by atoms with E-state index >= 15 is 0 Å². The van der Waals surface area contributed by atoms with Gasteiger partial charge in [-0.1, -0.05) is 20.8 Å². The van der Waals surface area contributed by atoms with Gasteiger partial charge in [0.25, 0.3) is 10.0 Å². The molecule has 2 heterocycles. The molecule has 4 atom stereocenters. The second-order valence-electron chi connectivity index (χ2n) is 8.53. The molecule has 0 amide bonds. The highest BCUT2D eigenvalue weighted by Gasteiger charge is 2.57. The van der Waals surface area contributed by atoms with Gasteiger partial charge in [-0.05, 0) is 48.1 Å². The van der Waals surface area contributed by atoms with E-state index in [1.165, 1.54) is 22.9 Å². The van der Waals surface area contributed by atoms with Crippen LogP contribution < -0.4 is 0 Å². The molecule has 0 aromatic carbocycles. The summed E-state index contributed by atoms with van der Waals surface area (Å²) >= 11 is 0. The Labute approximate surface area is 160 Å². The van der Waals surface area contributed by atoms with Gasteiger partial charge < -0.3 is 13.9 Å². The zero-order valence-electron chi connectivity index (χ0n) is 16.0. The van der Waals surface area contributed by atoms with Crippen molar-refractivity contribution in [2.75, 3.05) is 26.3 Å². The van der Waals surface area contributed by atoms with Crippen molar-refractivity contribution in [2.45, 2.75) is 44.8 Å². The number of rotatable bonds is 4. The Balaban J connectivity index is 1.44. The highest BCUT2D eigenvalue weighted by atomic mass is 32.2. The van der Waals surface area contributed by atoms with Gasteiger partial charge in [-0.3, -0.25) is 0 Å². The van der Waals surface area contributed by atoms with Crippen LogP contribution in [0.3, 0.4) is 0 Å². The molecule has 0 unspecified atom stereocenters. The summed E-state index contributed by atoms with van der Waals surface area (Å²) in [6.45, 7) is 7.98. The highest BCUT2D eigenvalue weighted by molar-refractivity contribution is 7.89. The number of hydrogen-bond acceptors (Lipinski definition) is 6. The Bertz CT molecular complexity index is 823. The lowest BCUT2D eigenvalue weighted by atomic mass is 9.45. The molecule has 1 saturated heterocycles. The Morgan fingerprint density at radius 3 is 2.56 bits per heavy atom. The number of carbonyl (C=O) groups is 1. The molecule has 4 aliphatic rings. The number of furan rings is 1. The fourth-order valence-corrected chi connectivity index (χ4v) is 6.26. The minimum Gasteiger partial charge on any atom is -0.456 e. The van der Waals surface area contributed by atoms with Crippen LogP contribution in [0.25, 0.3) is 0 Å². The van der Waals surface area contributed by atoms with Crippen molar-refractivity contribution in [3.05, 3.63) is 17.9 Å². The third-order valence-corrected chi connectivity index (χ3v) is 8.66. The van der Waals surface area contributed by atoms with Crippen LogP contribution in [0.1, 0.15) is 44.2 Å². The number of carbonyl (C=O) groups excluding carboxylic acids is 1. The summed E-state index contributed by atoms with van der Waals surface area (Å²) in [6, 6.07) is 2.71. The first kappa shape index (κ1) is 19.0. The molecule has 7 nitrogen and oxygen atoms in total. The summed E-state index contributed by atoms with van der Waals surface area (Å²) in [5, 5.41) is -0.225. The Morgan fingerprint density at radius 1 is 1.22 bits per heavy atom. The zero-order chi connectivity index (χ0) is 19.4. The molecule has 0 radical (unpaired) electrons. The standard InChI is InChI=1S/C19H27NO6S/c1-12-14-10-13(19(14,2)3)11-16(12)26-18(21)15-4-5-17(25-15)27(22,23)20-6-8-24-9-7-20/h4-5,12-14,16H,6-11H2,1-3H3/t12-,13-,14-,16-/m1/s1. The fraction of sp³-hybridized carbons (Fsp3) is 0.737. The lowest BCUT2D eigenvalue weighted by Gasteiger charge is -2.61. The topological polar surface area (TPSA) is 86.1 Å². The van der Waals surface area contributed by atoms with Gasteiger partial charge in [0, 0.05) is 13.1 Å². The molecule has 1 aromatic rings. The minimum atomic E-state index is -3.76. The molecule has 5 rings (SSSR count). The van der Waals surface area contributed by atoms with Crippen molar-refractivity contribution in [2.24, 2.45) is 23.2 Å². The second kappa shape index (κ2) is 6.60. The van der Waals surface area contributed by atoms with Gasteiger partial charge in [0.05, 0.1) is 13.2 Å². The molecule has 150 valence electrons. The van der Waals surface area contributed by atoms with E-state index in [0.29, 0.717) is 36.4 Å². The Kier molecular flexibility index (Phi) is 4.63. The van der Waals surface area contributed by atoms with Gasteiger partial charge in [-0.2, -0.15) is 4.31 Å². The maximum atomic E-state index is 12.6. The molecule has 2 bridgehead atoms. The first-order valence-electron chi connectivity index (χ1n) is 9.60. The Morgan fingerprint density at radius 2 is 1.93 bits per heavy atom. The van der Waals surface area contributed by atoms with Crippen molar-refractivity contribution in [1.82, 2.24) is 4.31 Å². The lowest BCUT2D eigenvalue weighted by Crippen LogP contribution is -2.57. The van der Waals surface area contributed by atoms with Crippen LogP contribution in [-0.4, -0.2) is 51.1 Å². The molecular formula is C19H27NO6S. The summed E-state index contributed by atoms with van der Waals surface area (Å²) in [5.74, 6) is 0.774. The number of morpholine rings is 1. The molecule has 0 spiro atoms.